The smallest absolute Gasteiger partial charge is 0.409 e. The highest BCUT2D eigenvalue weighted by molar-refractivity contribution is 5.87. The van der Waals surface area contributed by atoms with Gasteiger partial charge in [-0.15, -0.1) is 0 Å². The molecule has 2 aromatic rings. The summed E-state index contributed by atoms with van der Waals surface area (Å²) in [6.45, 7) is 2.16. The second-order valence-corrected chi connectivity index (χ2v) is 5.72. The molecule has 6 heteroatoms. The van der Waals surface area contributed by atoms with Crippen LogP contribution in [0.2, 0.25) is 0 Å². The van der Waals surface area contributed by atoms with E-state index < -0.39 is 17.7 Å². The molecule has 2 aromatic carbocycles. The van der Waals surface area contributed by atoms with Gasteiger partial charge in [0.1, 0.15) is 6.04 Å². The Morgan fingerprint density at radius 1 is 1.08 bits per heavy atom. The maximum absolute atomic E-state index is 12.4. The van der Waals surface area contributed by atoms with Crippen LogP contribution < -0.4 is 16.2 Å². The fourth-order valence-corrected chi connectivity index (χ4v) is 2.69. The molecule has 2 amide bonds. The number of amides is 2. The van der Waals surface area contributed by atoms with Crippen molar-refractivity contribution in [1.82, 2.24) is 16.2 Å². The predicted octanol–water partition coefficient (Wildman–Crippen LogP) is 1.68. The van der Waals surface area contributed by atoms with E-state index >= 15 is 0 Å². The molecule has 0 radical (unpaired) electrons. The summed E-state index contributed by atoms with van der Waals surface area (Å²) in [5.74, 6) is -0.284. The first kappa shape index (κ1) is 16.0. The first-order valence-corrected chi connectivity index (χ1v) is 7.73. The first-order valence-electron chi connectivity index (χ1n) is 7.73. The molecule has 3 N–H and O–H groups in total. The molecule has 24 heavy (non-hydrogen) atoms. The number of hydrogen-bond acceptors (Lipinski definition) is 4. The molecular formula is C18H19N3O3. The Balaban J connectivity index is 1.85. The number of nitrogens with one attached hydrogen (secondary N) is 3. The number of alkyl carbamates (subject to hydrolysis) is 1. The molecule has 124 valence electrons. The van der Waals surface area contributed by atoms with Gasteiger partial charge in [-0.05, 0) is 18.1 Å². The summed E-state index contributed by atoms with van der Waals surface area (Å²) >= 11 is 0. The monoisotopic (exact) mass is 325 g/mol. The number of rotatable bonds is 4. The highest BCUT2D eigenvalue weighted by Crippen LogP contribution is 2.33. The Kier molecular flexibility index (Phi) is 4.48. The van der Waals surface area contributed by atoms with E-state index in [2.05, 4.69) is 16.2 Å². The van der Waals surface area contributed by atoms with Crippen LogP contribution in [0, 0.1) is 0 Å². The van der Waals surface area contributed by atoms with Gasteiger partial charge in [-0.3, -0.25) is 10.2 Å². The summed E-state index contributed by atoms with van der Waals surface area (Å²) < 4.78 is 5.76. The van der Waals surface area contributed by atoms with E-state index in [0.29, 0.717) is 6.54 Å². The van der Waals surface area contributed by atoms with Crippen molar-refractivity contribution in [3.8, 4) is 0 Å². The molecule has 0 spiro atoms. The molecule has 0 saturated carbocycles. The molecule has 6 nitrogen and oxygen atoms in total. The molecule has 1 saturated heterocycles. The average molecular weight is 325 g/mol. The molecule has 1 heterocycles. The quantitative estimate of drug-likeness (QED) is 0.799. The number of benzene rings is 2. The van der Waals surface area contributed by atoms with Gasteiger partial charge in [-0.2, -0.15) is 0 Å². The highest BCUT2D eigenvalue weighted by Gasteiger charge is 2.35. The minimum absolute atomic E-state index is 0.284. The lowest BCUT2D eigenvalue weighted by Gasteiger charge is -2.31. The van der Waals surface area contributed by atoms with Gasteiger partial charge in [-0.1, -0.05) is 60.7 Å². The van der Waals surface area contributed by atoms with E-state index in [1.54, 1.807) is 0 Å². The number of ether oxygens (including phenoxy) is 1. The summed E-state index contributed by atoms with van der Waals surface area (Å²) in [7, 11) is 0. The van der Waals surface area contributed by atoms with Gasteiger partial charge >= 0.3 is 6.09 Å². The average Bonchev–Trinajstić information content (AvgIpc) is 3.01. The molecule has 3 rings (SSSR count). The molecule has 1 atom stereocenters. The SMILES string of the molecule is CC(OC(=O)N[C@H]1CNNC1=O)(c1ccccc1)c1ccccc1. The number of carbonyl (C=O) groups excluding carboxylic acids is 2. The van der Waals surface area contributed by atoms with E-state index in [4.69, 9.17) is 4.74 Å². The van der Waals surface area contributed by atoms with Crippen LogP contribution in [0.25, 0.3) is 0 Å². The number of hydrogen-bond donors (Lipinski definition) is 3. The lowest BCUT2D eigenvalue weighted by Crippen LogP contribution is -2.45. The largest absolute Gasteiger partial charge is 0.433 e. The van der Waals surface area contributed by atoms with Gasteiger partial charge in [0.2, 0.25) is 0 Å². The van der Waals surface area contributed by atoms with E-state index in [1.165, 1.54) is 0 Å². The lowest BCUT2D eigenvalue weighted by atomic mass is 9.88. The topological polar surface area (TPSA) is 79.5 Å². The van der Waals surface area contributed by atoms with Gasteiger partial charge in [-0.25, -0.2) is 10.2 Å². The third-order valence-corrected chi connectivity index (χ3v) is 4.07. The molecule has 1 aliphatic heterocycles. The van der Waals surface area contributed by atoms with Gasteiger partial charge in [0, 0.05) is 6.54 Å². The van der Waals surface area contributed by atoms with Crippen molar-refractivity contribution in [1.29, 1.82) is 0 Å². The molecular weight excluding hydrogens is 306 g/mol. The molecule has 0 aliphatic carbocycles. The van der Waals surface area contributed by atoms with E-state index in [9.17, 15) is 9.59 Å². The lowest BCUT2D eigenvalue weighted by molar-refractivity contribution is -0.121. The molecule has 1 aliphatic rings. The Bertz CT molecular complexity index is 679. The van der Waals surface area contributed by atoms with Crippen LogP contribution in [-0.4, -0.2) is 24.6 Å². The van der Waals surface area contributed by atoms with Gasteiger partial charge in [0.15, 0.2) is 5.60 Å². The zero-order valence-electron chi connectivity index (χ0n) is 13.3. The number of carbonyl (C=O) groups is 2. The third-order valence-electron chi connectivity index (χ3n) is 4.07. The van der Waals surface area contributed by atoms with Crippen LogP contribution >= 0.6 is 0 Å². The van der Waals surface area contributed by atoms with Gasteiger partial charge in [0.05, 0.1) is 0 Å². The second-order valence-electron chi connectivity index (χ2n) is 5.72. The van der Waals surface area contributed by atoms with Crippen molar-refractivity contribution < 1.29 is 14.3 Å². The molecule has 1 fully saturated rings. The summed E-state index contributed by atoms with van der Waals surface area (Å²) in [4.78, 5) is 23.9. The maximum atomic E-state index is 12.4. The highest BCUT2D eigenvalue weighted by atomic mass is 16.6. The normalized spacial score (nSPS) is 17.2. The fraction of sp³-hybridized carbons (Fsp3) is 0.222. The molecule has 0 aromatic heterocycles. The van der Waals surface area contributed by atoms with Crippen molar-refractivity contribution in [2.45, 2.75) is 18.6 Å². The Hall–Kier alpha value is -2.86. The number of hydrazine groups is 1. The van der Waals surface area contributed by atoms with E-state index in [-0.39, 0.29) is 5.91 Å². The minimum atomic E-state index is -0.963. The van der Waals surface area contributed by atoms with Crippen molar-refractivity contribution >= 4 is 12.0 Å². The molecule has 0 bridgehead atoms. The molecule has 0 unspecified atom stereocenters. The fourth-order valence-electron chi connectivity index (χ4n) is 2.69. The standard InChI is InChI=1S/C18H19N3O3/c1-18(13-8-4-2-5-9-13,14-10-6-3-7-11-14)24-17(23)20-15-12-19-21-16(15)22/h2-11,15,19H,12H2,1H3,(H,20,23)(H,21,22)/t15-/m0/s1. The van der Waals surface area contributed by atoms with Gasteiger partial charge < -0.3 is 10.1 Å². The first-order chi connectivity index (χ1) is 11.6. The predicted molar refractivity (Wildman–Crippen MR) is 88.9 cm³/mol. The van der Waals surface area contributed by atoms with Crippen LogP contribution in [-0.2, 0) is 15.1 Å². The van der Waals surface area contributed by atoms with Gasteiger partial charge in [0.25, 0.3) is 5.91 Å². The van der Waals surface area contributed by atoms with E-state index in [1.807, 2.05) is 67.6 Å². The Morgan fingerprint density at radius 2 is 1.62 bits per heavy atom. The summed E-state index contributed by atoms with van der Waals surface area (Å²) in [5.41, 5.74) is 5.86. The second kappa shape index (κ2) is 6.72. The minimum Gasteiger partial charge on any atom is -0.433 e. The van der Waals surface area contributed by atoms with Crippen LogP contribution in [0.1, 0.15) is 18.1 Å². The Morgan fingerprint density at radius 3 is 2.08 bits per heavy atom. The zero-order valence-corrected chi connectivity index (χ0v) is 13.3. The van der Waals surface area contributed by atoms with Crippen molar-refractivity contribution in [3.63, 3.8) is 0 Å². The summed E-state index contributed by atoms with van der Waals surface area (Å²) in [5, 5.41) is 2.59. The van der Waals surface area contributed by atoms with Crippen molar-refractivity contribution in [2.75, 3.05) is 6.54 Å². The summed E-state index contributed by atoms with van der Waals surface area (Å²) in [6, 6.07) is 18.4. The third kappa shape index (κ3) is 3.23. The van der Waals surface area contributed by atoms with Crippen LogP contribution in [0.4, 0.5) is 4.79 Å². The zero-order chi connectivity index (χ0) is 17.0. The van der Waals surface area contributed by atoms with Crippen molar-refractivity contribution in [2.24, 2.45) is 0 Å². The van der Waals surface area contributed by atoms with Crippen LogP contribution in [0.3, 0.4) is 0 Å². The maximum Gasteiger partial charge on any atom is 0.409 e. The van der Waals surface area contributed by atoms with Crippen molar-refractivity contribution in [3.05, 3.63) is 71.8 Å². The van der Waals surface area contributed by atoms with Crippen LogP contribution in [0.15, 0.2) is 60.7 Å². The Labute approximate surface area is 140 Å². The van der Waals surface area contributed by atoms with Crippen LogP contribution in [0.5, 0.6) is 0 Å². The summed E-state index contributed by atoms with van der Waals surface area (Å²) in [6.07, 6.45) is -0.644. The van der Waals surface area contributed by atoms with E-state index in [0.717, 1.165) is 11.1 Å².